The van der Waals surface area contributed by atoms with Crippen LogP contribution in [0, 0.1) is 5.82 Å². The Balaban J connectivity index is 1.83. The number of rotatable bonds is 5. The van der Waals surface area contributed by atoms with Crippen molar-refractivity contribution in [3.05, 3.63) is 29.6 Å². The van der Waals surface area contributed by atoms with Crippen LogP contribution in [-0.2, 0) is 0 Å². The van der Waals surface area contributed by atoms with Crippen molar-refractivity contribution in [1.82, 2.24) is 4.90 Å². The molecule has 1 saturated heterocycles. The minimum Gasteiger partial charge on any atom is -0.493 e. The van der Waals surface area contributed by atoms with Gasteiger partial charge in [0.1, 0.15) is 11.6 Å². The predicted molar refractivity (Wildman–Crippen MR) is 79.4 cm³/mol. The molecule has 20 heavy (non-hydrogen) atoms. The van der Waals surface area contributed by atoms with Crippen molar-refractivity contribution in [2.75, 3.05) is 20.2 Å². The van der Waals surface area contributed by atoms with Gasteiger partial charge in [0.15, 0.2) is 0 Å². The maximum Gasteiger partial charge on any atom is 0.131 e. The summed E-state index contributed by atoms with van der Waals surface area (Å²) in [4.78, 5) is 2.40. The minimum atomic E-state index is -0.292. The summed E-state index contributed by atoms with van der Waals surface area (Å²) in [6.45, 7) is 3.58. The highest BCUT2D eigenvalue weighted by molar-refractivity contribution is 5.30. The van der Waals surface area contributed by atoms with Crippen LogP contribution in [0.2, 0.25) is 0 Å². The molecule has 0 saturated carbocycles. The van der Waals surface area contributed by atoms with Crippen LogP contribution in [0.1, 0.15) is 44.2 Å². The van der Waals surface area contributed by atoms with Gasteiger partial charge in [-0.05, 0) is 45.8 Å². The van der Waals surface area contributed by atoms with Crippen LogP contribution in [0.15, 0.2) is 18.2 Å². The van der Waals surface area contributed by atoms with Crippen molar-refractivity contribution in [3.63, 3.8) is 0 Å². The molecule has 1 aliphatic heterocycles. The number of likely N-dealkylation sites (tertiary alicyclic amines) is 1. The van der Waals surface area contributed by atoms with Crippen LogP contribution in [-0.4, -0.2) is 31.1 Å². The summed E-state index contributed by atoms with van der Waals surface area (Å²) in [5, 5.41) is 0. The van der Waals surface area contributed by atoms with Crippen LogP contribution in [0.4, 0.5) is 4.39 Å². The number of nitrogens with zero attached hydrogens (tertiary/aromatic N) is 1. The Bertz CT molecular complexity index is 436. The third kappa shape index (κ3) is 3.93. The smallest absolute Gasteiger partial charge is 0.131 e. The maximum atomic E-state index is 13.8. The monoisotopic (exact) mass is 280 g/mol. The third-order valence-corrected chi connectivity index (χ3v) is 4.10. The summed E-state index contributed by atoms with van der Waals surface area (Å²) in [6.07, 6.45) is 4.82. The highest BCUT2D eigenvalue weighted by Gasteiger charge is 2.18. The molecule has 0 radical (unpaired) electrons. The molecule has 1 aliphatic rings. The number of nitrogens with two attached hydrogens (primary N) is 1. The van der Waals surface area contributed by atoms with E-state index >= 15 is 0 Å². The maximum absolute atomic E-state index is 13.8. The molecule has 1 aromatic rings. The van der Waals surface area contributed by atoms with Gasteiger partial charge in [-0.25, -0.2) is 4.39 Å². The van der Waals surface area contributed by atoms with E-state index in [0.29, 0.717) is 24.0 Å². The van der Waals surface area contributed by atoms with Crippen molar-refractivity contribution in [2.24, 2.45) is 5.73 Å². The fourth-order valence-corrected chi connectivity index (χ4v) is 2.79. The number of benzene rings is 1. The van der Waals surface area contributed by atoms with Crippen molar-refractivity contribution >= 4 is 0 Å². The van der Waals surface area contributed by atoms with E-state index in [1.54, 1.807) is 19.1 Å². The SMILES string of the molecule is C[C@@H](N)c1ccc(OCCC2CCCCN2C)cc1F. The first-order chi connectivity index (χ1) is 9.58. The second-order valence-corrected chi connectivity index (χ2v) is 5.74. The molecular weight excluding hydrogens is 255 g/mol. The molecular formula is C16H25FN2O. The van der Waals surface area contributed by atoms with E-state index in [1.807, 2.05) is 0 Å². The quantitative estimate of drug-likeness (QED) is 0.900. The summed E-state index contributed by atoms with van der Waals surface area (Å²) < 4.78 is 19.4. The standard InChI is InChI=1S/C16H25FN2O/c1-12(18)15-7-6-14(11-16(15)17)20-10-8-13-5-3-4-9-19(13)2/h6-7,11-13H,3-5,8-10,18H2,1-2H3/t12-,13?/m1/s1. The normalized spacial score (nSPS) is 21.7. The Hall–Kier alpha value is -1.13. The molecule has 2 atom stereocenters. The first-order valence-electron chi connectivity index (χ1n) is 7.46. The van der Waals surface area contributed by atoms with Gasteiger partial charge in [-0.15, -0.1) is 0 Å². The van der Waals surface area contributed by atoms with Gasteiger partial charge in [-0.1, -0.05) is 12.5 Å². The topological polar surface area (TPSA) is 38.5 Å². The van der Waals surface area contributed by atoms with Gasteiger partial charge in [-0.3, -0.25) is 0 Å². The number of hydrogen-bond donors (Lipinski definition) is 1. The molecule has 0 aliphatic carbocycles. The largest absolute Gasteiger partial charge is 0.493 e. The van der Waals surface area contributed by atoms with E-state index < -0.39 is 0 Å². The van der Waals surface area contributed by atoms with Crippen molar-refractivity contribution in [3.8, 4) is 5.75 Å². The summed E-state index contributed by atoms with van der Waals surface area (Å²) in [5.41, 5.74) is 6.22. The molecule has 1 unspecified atom stereocenters. The molecule has 0 spiro atoms. The molecule has 4 heteroatoms. The van der Waals surface area contributed by atoms with Crippen LogP contribution < -0.4 is 10.5 Å². The Morgan fingerprint density at radius 1 is 1.45 bits per heavy atom. The Morgan fingerprint density at radius 3 is 2.90 bits per heavy atom. The second-order valence-electron chi connectivity index (χ2n) is 5.74. The molecule has 0 amide bonds. The number of halogens is 1. The number of hydrogen-bond acceptors (Lipinski definition) is 3. The fraction of sp³-hybridized carbons (Fsp3) is 0.625. The van der Waals surface area contributed by atoms with Gasteiger partial charge in [0, 0.05) is 23.7 Å². The Labute approximate surface area is 120 Å². The van der Waals surface area contributed by atoms with Crippen molar-refractivity contribution in [2.45, 2.75) is 44.7 Å². The molecule has 112 valence electrons. The molecule has 1 aromatic carbocycles. The van der Waals surface area contributed by atoms with Crippen LogP contribution in [0.3, 0.4) is 0 Å². The van der Waals surface area contributed by atoms with Crippen molar-refractivity contribution in [1.29, 1.82) is 0 Å². The summed E-state index contributed by atoms with van der Waals surface area (Å²) in [6, 6.07) is 5.24. The number of ether oxygens (including phenoxy) is 1. The molecule has 1 heterocycles. The van der Waals surface area contributed by atoms with Crippen molar-refractivity contribution < 1.29 is 9.13 Å². The van der Waals surface area contributed by atoms with E-state index in [2.05, 4.69) is 11.9 Å². The average Bonchev–Trinajstić information content (AvgIpc) is 2.40. The van der Waals surface area contributed by atoms with Gasteiger partial charge >= 0.3 is 0 Å². The summed E-state index contributed by atoms with van der Waals surface area (Å²) in [5.74, 6) is 0.303. The lowest BCUT2D eigenvalue weighted by Gasteiger charge is -2.32. The minimum absolute atomic E-state index is 0.285. The van der Waals surface area contributed by atoms with Crippen LogP contribution in [0.5, 0.6) is 5.75 Å². The van der Waals surface area contributed by atoms with Gasteiger partial charge in [-0.2, -0.15) is 0 Å². The Kier molecular flexibility index (Phi) is 5.38. The second kappa shape index (κ2) is 7.04. The lowest BCUT2D eigenvalue weighted by molar-refractivity contribution is 0.153. The van der Waals surface area contributed by atoms with Gasteiger partial charge in [0.05, 0.1) is 6.61 Å². The molecule has 2 N–H and O–H groups in total. The zero-order valence-electron chi connectivity index (χ0n) is 12.4. The van der Waals surface area contributed by atoms with Gasteiger partial charge in [0.2, 0.25) is 0 Å². The molecule has 3 nitrogen and oxygen atoms in total. The van der Waals surface area contributed by atoms with Gasteiger partial charge < -0.3 is 15.4 Å². The average molecular weight is 280 g/mol. The molecule has 0 bridgehead atoms. The third-order valence-electron chi connectivity index (χ3n) is 4.10. The molecule has 0 aromatic heterocycles. The van der Waals surface area contributed by atoms with E-state index in [0.717, 1.165) is 6.42 Å². The van der Waals surface area contributed by atoms with E-state index in [9.17, 15) is 4.39 Å². The zero-order chi connectivity index (χ0) is 14.5. The van der Waals surface area contributed by atoms with Gasteiger partial charge in [0.25, 0.3) is 0 Å². The zero-order valence-corrected chi connectivity index (χ0v) is 12.4. The number of piperidine rings is 1. The lowest BCUT2D eigenvalue weighted by atomic mass is 10.0. The van der Waals surface area contributed by atoms with E-state index in [1.165, 1.54) is 31.9 Å². The summed E-state index contributed by atoms with van der Waals surface area (Å²) in [7, 11) is 2.17. The summed E-state index contributed by atoms with van der Waals surface area (Å²) >= 11 is 0. The van der Waals surface area contributed by atoms with E-state index in [4.69, 9.17) is 10.5 Å². The highest BCUT2D eigenvalue weighted by Crippen LogP contribution is 2.22. The van der Waals surface area contributed by atoms with E-state index in [-0.39, 0.29) is 11.9 Å². The van der Waals surface area contributed by atoms with Crippen LogP contribution in [0.25, 0.3) is 0 Å². The first-order valence-corrected chi connectivity index (χ1v) is 7.46. The predicted octanol–water partition coefficient (Wildman–Crippen LogP) is 3.10. The Morgan fingerprint density at radius 2 is 2.25 bits per heavy atom. The lowest BCUT2D eigenvalue weighted by Crippen LogP contribution is -2.37. The van der Waals surface area contributed by atoms with Crippen LogP contribution >= 0.6 is 0 Å². The highest BCUT2D eigenvalue weighted by atomic mass is 19.1. The fourth-order valence-electron chi connectivity index (χ4n) is 2.79. The molecule has 2 rings (SSSR count). The first kappa shape index (κ1) is 15.3. The molecule has 1 fully saturated rings.